The summed E-state index contributed by atoms with van der Waals surface area (Å²) in [4.78, 5) is 29.9. The lowest BCUT2D eigenvalue weighted by molar-refractivity contribution is -0.123. The van der Waals surface area contributed by atoms with Crippen LogP contribution in [-0.2, 0) is 16.1 Å². The summed E-state index contributed by atoms with van der Waals surface area (Å²) in [5, 5.41) is 9.21. The highest BCUT2D eigenvalue weighted by Crippen LogP contribution is 2.28. The minimum Gasteiger partial charge on any atom is -0.449 e. The number of amides is 2. The second kappa shape index (κ2) is 10.1. The van der Waals surface area contributed by atoms with Gasteiger partial charge in [-0.25, -0.2) is 9.79 Å². The van der Waals surface area contributed by atoms with E-state index in [9.17, 15) is 9.59 Å². The van der Waals surface area contributed by atoms with E-state index in [-0.39, 0.29) is 30.3 Å². The summed E-state index contributed by atoms with van der Waals surface area (Å²) in [5.41, 5.74) is 10.2. The average Bonchev–Trinajstić information content (AvgIpc) is 2.89. The Labute approximate surface area is 210 Å². The maximum Gasteiger partial charge on any atom is 0.411 e. The molecule has 0 fully saturated rings. The van der Waals surface area contributed by atoms with Gasteiger partial charge < -0.3 is 21.1 Å². The van der Waals surface area contributed by atoms with Crippen molar-refractivity contribution in [1.82, 2.24) is 10.6 Å². The van der Waals surface area contributed by atoms with Crippen molar-refractivity contribution in [3.05, 3.63) is 101 Å². The number of amidine groups is 1. The Hall–Kier alpha value is -4.33. The normalized spacial score (nSPS) is 25.6. The first-order chi connectivity index (χ1) is 17.5. The molecule has 6 rings (SSSR count). The zero-order valence-corrected chi connectivity index (χ0v) is 20.0. The number of rotatable bonds is 2. The minimum absolute atomic E-state index is 0.00425. The molecule has 0 aromatic heterocycles. The predicted molar refractivity (Wildman–Crippen MR) is 139 cm³/mol. The summed E-state index contributed by atoms with van der Waals surface area (Å²) in [6.07, 6.45) is 9.28. The van der Waals surface area contributed by atoms with Crippen molar-refractivity contribution in [3.8, 4) is 0 Å². The van der Waals surface area contributed by atoms with Gasteiger partial charge >= 0.3 is 6.09 Å². The Morgan fingerprint density at radius 1 is 1.08 bits per heavy atom. The molecule has 184 valence electrons. The fourth-order valence-electron chi connectivity index (χ4n) is 4.57. The lowest BCUT2D eigenvalue weighted by atomic mass is 9.85. The van der Waals surface area contributed by atoms with Crippen LogP contribution in [0, 0.1) is 11.8 Å². The zero-order chi connectivity index (χ0) is 25.1. The predicted octanol–water partition coefficient (Wildman–Crippen LogP) is 3.87. The van der Waals surface area contributed by atoms with Crippen LogP contribution < -0.4 is 21.7 Å². The summed E-state index contributed by atoms with van der Waals surface area (Å²) in [5.74, 6) is 0.545. The van der Waals surface area contributed by atoms with Crippen molar-refractivity contribution in [2.75, 3.05) is 11.9 Å². The first kappa shape index (κ1) is 23.4. The molecule has 3 aliphatic heterocycles. The summed E-state index contributed by atoms with van der Waals surface area (Å²) in [6.45, 7) is 2.55. The molecule has 4 aliphatic rings. The molecule has 5 N–H and O–H groups in total. The van der Waals surface area contributed by atoms with Crippen LogP contribution in [0.2, 0.25) is 0 Å². The quantitative estimate of drug-likeness (QED) is 0.517. The van der Waals surface area contributed by atoms with E-state index in [0.29, 0.717) is 18.1 Å². The third kappa shape index (κ3) is 5.17. The van der Waals surface area contributed by atoms with E-state index in [1.54, 1.807) is 12.3 Å². The van der Waals surface area contributed by atoms with Crippen molar-refractivity contribution >= 4 is 23.5 Å². The number of nitrogens with one attached hydrogen (secondary N) is 3. The highest BCUT2D eigenvalue weighted by Gasteiger charge is 2.27. The number of benzene rings is 2. The van der Waals surface area contributed by atoms with Gasteiger partial charge in [0.25, 0.3) is 0 Å². The van der Waals surface area contributed by atoms with Crippen LogP contribution in [0.1, 0.15) is 35.6 Å². The molecule has 2 amide bonds. The van der Waals surface area contributed by atoms with Gasteiger partial charge in [0.05, 0.1) is 6.61 Å². The van der Waals surface area contributed by atoms with Gasteiger partial charge in [-0.05, 0) is 34.9 Å². The smallest absolute Gasteiger partial charge is 0.411 e. The standard InChI is InChI=1S/C28H29N5O3/c1-17-16-36-28(35)33-22-4-2-3-18(13-22)15-31-27(34)25(20-7-5-19(17)6-8-20)32-23-9-10-24-21(14-23)11-12-30-26(24)29/h2-14,17,21,24-25,32H,15-16H2,1H3,(H2,29,30)(H,31,34)(H,33,35)/t17-,21?,24?,25?/m0/s1. The lowest BCUT2D eigenvalue weighted by Crippen LogP contribution is -2.38. The number of fused-ring (bicyclic) bond motifs is 10. The van der Waals surface area contributed by atoms with Crippen LogP contribution in [0.5, 0.6) is 0 Å². The molecule has 1 aliphatic carbocycles. The highest BCUT2D eigenvalue weighted by molar-refractivity contribution is 5.87. The maximum absolute atomic E-state index is 13.5. The number of ether oxygens (including phenoxy) is 1. The monoisotopic (exact) mass is 483 g/mol. The van der Waals surface area contributed by atoms with E-state index in [0.717, 1.165) is 22.4 Å². The summed E-state index contributed by atoms with van der Waals surface area (Å²) >= 11 is 0. The Morgan fingerprint density at radius 2 is 1.89 bits per heavy atom. The van der Waals surface area contributed by atoms with Gasteiger partial charge in [-0.15, -0.1) is 0 Å². The molecule has 4 atom stereocenters. The fourth-order valence-corrected chi connectivity index (χ4v) is 4.57. The Morgan fingerprint density at radius 3 is 2.72 bits per heavy atom. The average molecular weight is 484 g/mol. The van der Waals surface area contributed by atoms with E-state index < -0.39 is 12.1 Å². The SMILES string of the molecule is C[C@H]1COC(=O)Nc2cccc(c2)CNC(=O)C(NC2=CC3C=CN=C(N)C3C=C2)c2ccc1cc2. The molecule has 0 saturated carbocycles. The molecule has 4 bridgehead atoms. The molecule has 2 aromatic carbocycles. The van der Waals surface area contributed by atoms with Gasteiger partial charge in [0.1, 0.15) is 11.9 Å². The number of carbonyl (C=O) groups excluding carboxylic acids is 2. The lowest BCUT2D eigenvalue weighted by Gasteiger charge is -2.28. The molecule has 3 unspecified atom stereocenters. The number of anilines is 1. The second-order valence-corrected chi connectivity index (χ2v) is 9.27. The van der Waals surface area contributed by atoms with Gasteiger partial charge in [-0.2, -0.15) is 0 Å². The number of allylic oxidation sites excluding steroid dienone is 3. The first-order valence-corrected chi connectivity index (χ1v) is 12.0. The third-order valence-corrected chi connectivity index (χ3v) is 6.66. The van der Waals surface area contributed by atoms with Gasteiger partial charge in [-0.3, -0.25) is 10.1 Å². The molecule has 0 spiro atoms. The molecule has 8 nitrogen and oxygen atoms in total. The molecule has 0 radical (unpaired) electrons. The summed E-state index contributed by atoms with van der Waals surface area (Å²) < 4.78 is 5.43. The molecule has 3 heterocycles. The van der Waals surface area contributed by atoms with Crippen molar-refractivity contribution in [2.45, 2.75) is 25.4 Å². The van der Waals surface area contributed by atoms with Crippen LogP contribution in [0.25, 0.3) is 0 Å². The molecule has 0 saturated heterocycles. The van der Waals surface area contributed by atoms with Crippen LogP contribution in [0.3, 0.4) is 0 Å². The van der Waals surface area contributed by atoms with Crippen molar-refractivity contribution < 1.29 is 14.3 Å². The van der Waals surface area contributed by atoms with Crippen molar-refractivity contribution in [2.24, 2.45) is 22.6 Å². The molecule has 36 heavy (non-hydrogen) atoms. The first-order valence-electron chi connectivity index (χ1n) is 12.0. The largest absolute Gasteiger partial charge is 0.449 e. The molecular weight excluding hydrogens is 454 g/mol. The second-order valence-electron chi connectivity index (χ2n) is 9.27. The Balaban J connectivity index is 1.43. The van der Waals surface area contributed by atoms with Gasteiger partial charge in [-0.1, -0.05) is 61.5 Å². The van der Waals surface area contributed by atoms with E-state index in [1.807, 2.05) is 67.6 Å². The molecular formula is C28H29N5O3. The summed E-state index contributed by atoms with van der Waals surface area (Å²) in [6, 6.07) is 14.6. The Bertz CT molecular complexity index is 1280. The number of aliphatic imine (C=N–C) groups is 1. The molecule has 8 heteroatoms. The third-order valence-electron chi connectivity index (χ3n) is 6.66. The number of hydrogen-bond donors (Lipinski definition) is 4. The van der Waals surface area contributed by atoms with E-state index in [4.69, 9.17) is 10.5 Å². The van der Waals surface area contributed by atoms with Gasteiger partial charge in [0, 0.05) is 41.9 Å². The molecule has 2 aromatic rings. The van der Waals surface area contributed by atoms with Gasteiger partial charge in [0.2, 0.25) is 5.91 Å². The van der Waals surface area contributed by atoms with Crippen LogP contribution in [-0.4, -0.2) is 24.4 Å². The summed E-state index contributed by atoms with van der Waals surface area (Å²) in [7, 11) is 0. The fraction of sp³-hybridized carbons (Fsp3) is 0.250. The number of nitrogens with two attached hydrogens (primary N) is 1. The van der Waals surface area contributed by atoms with Crippen LogP contribution >= 0.6 is 0 Å². The topological polar surface area (TPSA) is 118 Å². The number of carbonyl (C=O) groups is 2. The van der Waals surface area contributed by atoms with Crippen LogP contribution in [0.4, 0.5) is 10.5 Å². The number of nitrogens with zero attached hydrogens (tertiary/aromatic N) is 1. The minimum atomic E-state index is -0.604. The maximum atomic E-state index is 13.5. The highest BCUT2D eigenvalue weighted by atomic mass is 16.5. The van der Waals surface area contributed by atoms with E-state index in [2.05, 4.69) is 27.0 Å². The van der Waals surface area contributed by atoms with E-state index in [1.165, 1.54) is 0 Å². The number of hydrogen-bond acceptors (Lipinski definition) is 6. The van der Waals surface area contributed by atoms with Crippen molar-refractivity contribution in [1.29, 1.82) is 0 Å². The zero-order valence-electron chi connectivity index (χ0n) is 20.0. The Kier molecular flexibility index (Phi) is 6.58. The van der Waals surface area contributed by atoms with Gasteiger partial charge in [0.15, 0.2) is 0 Å². The van der Waals surface area contributed by atoms with E-state index >= 15 is 0 Å². The van der Waals surface area contributed by atoms with Crippen LogP contribution in [0.15, 0.2) is 89.7 Å². The van der Waals surface area contributed by atoms with Crippen molar-refractivity contribution in [3.63, 3.8) is 0 Å².